The summed E-state index contributed by atoms with van der Waals surface area (Å²) in [7, 11) is 1.80. The second-order valence-electron chi connectivity index (χ2n) is 8.40. The molecule has 3 aromatic rings. The molecule has 5 N–H and O–H groups in total. The monoisotopic (exact) mass is 432 g/mol. The van der Waals surface area contributed by atoms with Gasteiger partial charge in [0.15, 0.2) is 5.82 Å². The van der Waals surface area contributed by atoms with Crippen LogP contribution in [0.4, 0.5) is 5.82 Å². The van der Waals surface area contributed by atoms with E-state index in [1.165, 1.54) is 11.1 Å². The fourth-order valence-electron chi connectivity index (χ4n) is 4.66. The number of aromatic nitrogens is 3. The van der Waals surface area contributed by atoms with E-state index in [1.54, 1.807) is 18.1 Å². The van der Waals surface area contributed by atoms with Crippen LogP contribution in [0.3, 0.4) is 0 Å². The number of hydrogen-bond acceptors (Lipinski definition) is 7. The van der Waals surface area contributed by atoms with Gasteiger partial charge in [-0.15, -0.1) is 5.10 Å². The molecule has 0 spiro atoms. The molecule has 166 valence electrons. The Balaban J connectivity index is 1.29. The Bertz CT molecular complexity index is 1160. The first-order valence-corrected chi connectivity index (χ1v) is 10.9. The summed E-state index contributed by atoms with van der Waals surface area (Å²) in [6.45, 7) is 1.31. The van der Waals surface area contributed by atoms with E-state index in [0.717, 1.165) is 35.3 Å². The van der Waals surface area contributed by atoms with E-state index in [-0.39, 0.29) is 12.5 Å². The van der Waals surface area contributed by atoms with Crippen LogP contribution in [0.25, 0.3) is 10.9 Å². The van der Waals surface area contributed by atoms with Crippen molar-refractivity contribution in [2.45, 2.75) is 31.8 Å². The number of hydrazine groups is 1. The first-order chi connectivity index (χ1) is 15.6. The number of carbonyl (C=O) groups excluding carboxylic acids is 1. The molecule has 0 atom stereocenters. The molecule has 0 saturated heterocycles. The Kier molecular flexibility index (Phi) is 5.40. The van der Waals surface area contributed by atoms with Gasteiger partial charge in [-0.2, -0.15) is 5.10 Å². The van der Waals surface area contributed by atoms with Crippen molar-refractivity contribution in [3.05, 3.63) is 65.2 Å². The van der Waals surface area contributed by atoms with E-state index in [0.29, 0.717) is 31.2 Å². The summed E-state index contributed by atoms with van der Waals surface area (Å²) in [5, 5.41) is 13.1. The molecule has 1 aromatic carbocycles. The van der Waals surface area contributed by atoms with Crippen molar-refractivity contribution in [1.29, 1.82) is 0 Å². The van der Waals surface area contributed by atoms with Crippen LogP contribution in [0.15, 0.2) is 54.1 Å². The second kappa shape index (κ2) is 8.51. The fourth-order valence-corrected chi connectivity index (χ4v) is 4.66. The minimum Gasteiger partial charge on any atom is -0.399 e. The molecule has 0 fully saturated rings. The Labute approximate surface area is 186 Å². The van der Waals surface area contributed by atoms with E-state index in [2.05, 4.69) is 50.6 Å². The number of hydrogen-bond donors (Lipinski definition) is 4. The zero-order valence-electron chi connectivity index (χ0n) is 18.1. The molecule has 3 heterocycles. The normalized spacial score (nSPS) is 16.5. The first kappa shape index (κ1) is 20.3. The van der Waals surface area contributed by atoms with Gasteiger partial charge in [0.1, 0.15) is 6.54 Å². The lowest BCUT2D eigenvalue weighted by Crippen LogP contribution is -2.44. The second-order valence-corrected chi connectivity index (χ2v) is 8.40. The molecular formula is C23H28N8O. The van der Waals surface area contributed by atoms with Gasteiger partial charge < -0.3 is 25.9 Å². The third-order valence-corrected chi connectivity index (χ3v) is 6.31. The summed E-state index contributed by atoms with van der Waals surface area (Å²) in [6, 6.07) is 10.8. The number of amides is 1. The fraction of sp³-hybridized carbons (Fsp3) is 0.348. The van der Waals surface area contributed by atoms with Gasteiger partial charge in [-0.25, -0.2) is 5.43 Å². The van der Waals surface area contributed by atoms with E-state index < -0.39 is 0 Å². The third kappa shape index (κ3) is 3.87. The molecule has 5 rings (SSSR count). The van der Waals surface area contributed by atoms with Crippen molar-refractivity contribution in [3.63, 3.8) is 0 Å². The predicted octanol–water partition coefficient (Wildman–Crippen LogP) is 1.14. The van der Waals surface area contributed by atoms with Crippen molar-refractivity contribution >= 4 is 22.6 Å². The number of nitrogens with two attached hydrogens (primary N) is 1. The van der Waals surface area contributed by atoms with Crippen LogP contribution in [-0.2, 0) is 24.2 Å². The van der Waals surface area contributed by atoms with Gasteiger partial charge in [0.05, 0.1) is 18.3 Å². The molecule has 0 saturated carbocycles. The number of benzene rings is 1. The molecule has 9 nitrogen and oxygen atoms in total. The number of anilines is 1. The Morgan fingerprint density at radius 1 is 1.22 bits per heavy atom. The van der Waals surface area contributed by atoms with Crippen molar-refractivity contribution in [1.82, 2.24) is 30.5 Å². The molecule has 2 aromatic heterocycles. The molecule has 0 radical (unpaired) electrons. The van der Waals surface area contributed by atoms with Gasteiger partial charge in [-0.05, 0) is 30.0 Å². The topological polar surface area (TPSA) is 113 Å². The lowest BCUT2D eigenvalue weighted by atomic mass is 10.1. The molecule has 1 aliphatic carbocycles. The molecule has 32 heavy (non-hydrogen) atoms. The van der Waals surface area contributed by atoms with E-state index in [4.69, 9.17) is 5.73 Å². The van der Waals surface area contributed by atoms with Crippen LogP contribution < -0.4 is 21.9 Å². The van der Waals surface area contributed by atoms with Gasteiger partial charge in [0.25, 0.3) is 0 Å². The zero-order valence-corrected chi connectivity index (χ0v) is 18.1. The molecule has 2 aliphatic rings. The molecule has 1 aliphatic heterocycles. The highest BCUT2D eigenvalue weighted by Gasteiger charge is 2.24. The summed E-state index contributed by atoms with van der Waals surface area (Å²) in [6.07, 6.45) is 6.30. The van der Waals surface area contributed by atoms with Crippen LogP contribution in [0.2, 0.25) is 0 Å². The summed E-state index contributed by atoms with van der Waals surface area (Å²) in [5.41, 5.74) is 17.4. The number of carbonyl (C=O) groups is 1. The Morgan fingerprint density at radius 2 is 2.00 bits per heavy atom. The van der Waals surface area contributed by atoms with E-state index >= 15 is 0 Å². The largest absolute Gasteiger partial charge is 0.399 e. The van der Waals surface area contributed by atoms with E-state index in [9.17, 15) is 4.79 Å². The first-order valence-electron chi connectivity index (χ1n) is 10.9. The third-order valence-electron chi connectivity index (χ3n) is 6.31. The lowest BCUT2D eigenvalue weighted by molar-refractivity contribution is -0.131. The van der Waals surface area contributed by atoms with Crippen LogP contribution in [-0.4, -0.2) is 51.8 Å². The average molecular weight is 433 g/mol. The quantitative estimate of drug-likeness (QED) is 0.432. The lowest BCUT2D eigenvalue weighted by Gasteiger charge is -2.29. The van der Waals surface area contributed by atoms with Crippen molar-refractivity contribution in [3.8, 4) is 0 Å². The van der Waals surface area contributed by atoms with Gasteiger partial charge in [-0.1, -0.05) is 24.3 Å². The summed E-state index contributed by atoms with van der Waals surface area (Å²) in [5.74, 6) is 0.797. The van der Waals surface area contributed by atoms with Crippen LogP contribution in [0.5, 0.6) is 0 Å². The molecule has 0 bridgehead atoms. The Hall–Kier alpha value is -3.59. The van der Waals surface area contributed by atoms with Crippen molar-refractivity contribution in [2.24, 2.45) is 5.73 Å². The van der Waals surface area contributed by atoms with Crippen LogP contribution >= 0.6 is 0 Å². The standard InChI is InChI=1S/C23H28N8O/c1-25-28-20-7-9-31(13-19(20)24)22(32)14-30-8-6-18-21(30)12-26-29-23(18)27-17-10-15-4-2-3-5-16(15)11-17/h2-6,8,12,17,25,28H,7,9-11,13-14,24H2,1H3,(H,27,29). The van der Waals surface area contributed by atoms with Gasteiger partial charge in [0, 0.05) is 49.0 Å². The predicted molar refractivity (Wildman–Crippen MR) is 123 cm³/mol. The highest BCUT2D eigenvalue weighted by atomic mass is 16.2. The SMILES string of the molecule is CNNC1=C(N)CN(C(=O)Cn2ccc3c(NC4Cc5ccccc5C4)nncc32)CC1. The van der Waals surface area contributed by atoms with Crippen LogP contribution in [0.1, 0.15) is 17.5 Å². The number of fused-ring (bicyclic) bond motifs is 2. The number of nitrogens with one attached hydrogen (secondary N) is 3. The maximum absolute atomic E-state index is 12.9. The minimum atomic E-state index is 0.0338. The summed E-state index contributed by atoms with van der Waals surface area (Å²) >= 11 is 0. The number of nitrogens with zero attached hydrogens (tertiary/aromatic N) is 4. The molecule has 9 heteroatoms. The van der Waals surface area contributed by atoms with Gasteiger partial charge in [0.2, 0.25) is 5.91 Å². The summed E-state index contributed by atoms with van der Waals surface area (Å²) < 4.78 is 1.93. The highest BCUT2D eigenvalue weighted by Crippen LogP contribution is 2.27. The molecular weight excluding hydrogens is 404 g/mol. The summed E-state index contributed by atoms with van der Waals surface area (Å²) in [4.78, 5) is 14.7. The number of rotatable bonds is 6. The van der Waals surface area contributed by atoms with Gasteiger partial charge >= 0.3 is 0 Å². The average Bonchev–Trinajstić information content (AvgIpc) is 3.39. The van der Waals surface area contributed by atoms with Crippen LogP contribution in [0, 0.1) is 0 Å². The van der Waals surface area contributed by atoms with E-state index in [1.807, 2.05) is 16.8 Å². The zero-order chi connectivity index (χ0) is 22.1. The maximum atomic E-state index is 12.9. The minimum absolute atomic E-state index is 0.0338. The highest BCUT2D eigenvalue weighted by molar-refractivity contribution is 5.90. The van der Waals surface area contributed by atoms with Crippen molar-refractivity contribution < 1.29 is 4.79 Å². The molecule has 0 unspecified atom stereocenters. The smallest absolute Gasteiger partial charge is 0.242 e. The Morgan fingerprint density at radius 3 is 2.72 bits per heavy atom. The maximum Gasteiger partial charge on any atom is 0.242 e. The molecule has 1 amide bonds. The van der Waals surface area contributed by atoms with Crippen molar-refractivity contribution in [2.75, 3.05) is 25.5 Å². The van der Waals surface area contributed by atoms with Gasteiger partial charge in [-0.3, -0.25) is 4.79 Å².